The second-order valence-corrected chi connectivity index (χ2v) is 7.22. The smallest absolute Gasteiger partial charge is 0.251 e. The van der Waals surface area contributed by atoms with Crippen LogP contribution in [0.3, 0.4) is 0 Å². The third-order valence-electron chi connectivity index (χ3n) is 4.25. The van der Waals surface area contributed by atoms with Crippen molar-refractivity contribution in [3.63, 3.8) is 0 Å². The molecule has 0 spiro atoms. The van der Waals surface area contributed by atoms with E-state index in [1.54, 1.807) is 23.5 Å². The topological polar surface area (TPSA) is 83.6 Å². The van der Waals surface area contributed by atoms with E-state index in [-0.39, 0.29) is 18.4 Å². The van der Waals surface area contributed by atoms with Crippen LogP contribution in [0.1, 0.15) is 16.1 Å². The summed E-state index contributed by atoms with van der Waals surface area (Å²) in [4.78, 5) is 30.9. The van der Waals surface area contributed by atoms with Gasteiger partial charge in [0.15, 0.2) is 0 Å². The molecule has 0 aliphatic carbocycles. The van der Waals surface area contributed by atoms with Crippen LogP contribution in [0, 0.1) is 6.92 Å². The van der Waals surface area contributed by atoms with Crippen LogP contribution in [-0.2, 0) is 9.53 Å². The molecule has 0 bridgehead atoms. The van der Waals surface area contributed by atoms with E-state index in [1.165, 1.54) is 0 Å². The number of thiazole rings is 1. The van der Waals surface area contributed by atoms with Gasteiger partial charge in [0.2, 0.25) is 5.91 Å². The number of aryl methyl sites for hydroxylation is 1. The standard InChI is InChI=1S/C19H24N4O3S/c1-14-13-27-19(22-14)16-4-2-3-15(11-16)18(25)21-12-17(24)20-5-6-23-7-9-26-10-8-23/h2-4,11,13H,5-10,12H2,1H3,(H,20,24)(H,21,25). The monoisotopic (exact) mass is 388 g/mol. The van der Waals surface area contributed by atoms with E-state index in [0.29, 0.717) is 12.1 Å². The highest BCUT2D eigenvalue weighted by Crippen LogP contribution is 2.24. The molecule has 1 aromatic heterocycles. The van der Waals surface area contributed by atoms with Gasteiger partial charge >= 0.3 is 0 Å². The van der Waals surface area contributed by atoms with Crippen LogP contribution in [0.25, 0.3) is 10.6 Å². The largest absolute Gasteiger partial charge is 0.379 e. The summed E-state index contributed by atoms with van der Waals surface area (Å²) in [6, 6.07) is 7.27. The fraction of sp³-hybridized carbons (Fsp3) is 0.421. The molecule has 1 aliphatic rings. The molecule has 0 saturated carbocycles. The Morgan fingerprint density at radius 3 is 2.81 bits per heavy atom. The predicted octanol–water partition coefficient (Wildman–Crippen LogP) is 1.30. The number of carbonyl (C=O) groups excluding carboxylic acids is 2. The summed E-state index contributed by atoms with van der Waals surface area (Å²) in [6.45, 7) is 6.51. The summed E-state index contributed by atoms with van der Waals surface area (Å²) in [5.41, 5.74) is 2.37. The van der Waals surface area contributed by atoms with Gasteiger partial charge in [-0.25, -0.2) is 4.98 Å². The Morgan fingerprint density at radius 2 is 2.07 bits per heavy atom. The SMILES string of the molecule is Cc1csc(-c2cccc(C(=O)NCC(=O)NCCN3CCOCC3)c2)n1. The maximum Gasteiger partial charge on any atom is 0.251 e. The normalized spacial score (nSPS) is 14.7. The number of rotatable bonds is 7. The van der Waals surface area contributed by atoms with Crippen LogP contribution in [0.5, 0.6) is 0 Å². The first kappa shape index (κ1) is 19.5. The quantitative estimate of drug-likeness (QED) is 0.747. The first-order valence-corrected chi connectivity index (χ1v) is 9.87. The van der Waals surface area contributed by atoms with Crippen LogP contribution in [0.15, 0.2) is 29.6 Å². The number of amides is 2. The lowest BCUT2D eigenvalue weighted by Gasteiger charge is -2.26. The number of hydrogen-bond donors (Lipinski definition) is 2. The molecule has 27 heavy (non-hydrogen) atoms. The molecule has 0 radical (unpaired) electrons. The van der Waals surface area contributed by atoms with Crippen molar-refractivity contribution in [3.05, 3.63) is 40.9 Å². The molecule has 0 atom stereocenters. The molecule has 2 aromatic rings. The van der Waals surface area contributed by atoms with E-state index >= 15 is 0 Å². The van der Waals surface area contributed by atoms with E-state index in [9.17, 15) is 9.59 Å². The predicted molar refractivity (Wildman–Crippen MR) is 105 cm³/mol. The van der Waals surface area contributed by atoms with Crippen molar-refractivity contribution in [1.29, 1.82) is 0 Å². The number of ether oxygens (including phenoxy) is 1. The third kappa shape index (κ3) is 5.85. The summed E-state index contributed by atoms with van der Waals surface area (Å²) in [5, 5.41) is 8.36. The Hall–Kier alpha value is -2.29. The van der Waals surface area contributed by atoms with Gasteiger partial charge in [-0.05, 0) is 19.1 Å². The van der Waals surface area contributed by atoms with Crippen LogP contribution >= 0.6 is 11.3 Å². The molecule has 2 amide bonds. The number of carbonyl (C=O) groups is 2. The van der Waals surface area contributed by atoms with Gasteiger partial charge in [0.25, 0.3) is 5.91 Å². The number of aromatic nitrogens is 1. The van der Waals surface area contributed by atoms with E-state index in [0.717, 1.165) is 49.1 Å². The number of morpholine rings is 1. The minimum atomic E-state index is -0.270. The van der Waals surface area contributed by atoms with Gasteiger partial charge in [0.05, 0.1) is 19.8 Å². The fourth-order valence-corrected chi connectivity index (χ4v) is 3.58. The molecule has 1 saturated heterocycles. The molecule has 7 nitrogen and oxygen atoms in total. The molecule has 2 N–H and O–H groups in total. The Kier molecular flexibility index (Phi) is 6.92. The molecular weight excluding hydrogens is 364 g/mol. The molecule has 0 unspecified atom stereocenters. The number of nitrogens with zero attached hydrogens (tertiary/aromatic N) is 2. The van der Waals surface area contributed by atoms with Crippen LogP contribution < -0.4 is 10.6 Å². The Balaban J connectivity index is 1.44. The molecule has 144 valence electrons. The highest BCUT2D eigenvalue weighted by atomic mass is 32.1. The fourth-order valence-electron chi connectivity index (χ4n) is 2.78. The lowest BCUT2D eigenvalue weighted by molar-refractivity contribution is -0.120. The molecule has 2 heterocycles. The van der Waals surface area contributed by atoms with Crippen molar-refractivity contribution in [2.24, 2.45) is 0 Å². The highest BCUT2D eigenvalue weighted by Gasteiger charge is 2.12. The highest BCUT2D eigenvalue weighted by molar-refractivity contribution is 7.13. The molecule has 1 fully saturated rings. The molecule has 1 aromatic carbocycles. The first-order chi connectivity index (χ1) is 13.1. The lowest BCUT2D eigenvalue weighted by atomic mass is 10.1. The summed E-state index contributed by atoms with van der Waals surface area (Å²) in [7, 11) is 0. The summed E-state index contributed by atoms with van der Waals surface area (Å²) in [5.74, 6) is -0.461. The zero-order valence-electron chi connectivity index (χ0n) is 15.4. The second kappa shape index (κ2) is 9.59. The van der Waals surface area contributed by atoms with Crippen molar-refractivity contribution in [2.75, 3.05) is 45.9 Å². The van der Waals surface area contributed by atoms with Gasteiger partial charge in [-0.1, -0.05) is 12.1 Å². The summed E-state index contributed by atoms with van der Waals surface area (Å²) < 4.78 is 5.29. The van der Waals surface area contributed by atoms with Crippen molar-refractivity contribution >= 4 is 23.2 Å². The minimum absolute atomic E-state index is 0.0392. The van der Waals surface area contributed by atoms with E-state index in [1.807, 2.05) is 24.4 Å². The second-order valence-electron chi connectivity index (χ2n) is 6.36. The van der Waals surface area contributed by atoms with Gasteiger partial charge < -0.3 is 15.4 Å². The Morgan fingerprint density at radius 1 is 1.26 bits per heavy atom. The van der Waals surface area contributed by atoms with Gasteiger partial charge in [-0.15, -0.1) is 11.3 Å². The summed E-state index contributed by atoms with van der Waals surface area (Å²) >= 11 is 1.54. The van der Waals surface area contributed by atoms with Crippen molar-refractivity contribution in [3.8, 4) is 10.6 Å². The van der Waals surface area contributed by atoms with Gasteiger partial charge in [-0.3, -0.25) is 14.5 Å². The van der Waals surface area contributed by atoms with E-state index < -0.39 is 0 Å². The Bertz CT molecular complexity index is 787. The zero-order valence-corrected chi connectivity index (χ0v) is 16.2. The summed E-state index contributed by atoms with van der Waals surface area (Å²) in [6.07, 6.45) is 0. The van der Waals surface area contributed by atoms with Gasteiger partial charge in [0.1, 0.15) is 5.01 Å². The average molecular weight is 388 g/mol. The molecule has 1 aliphatic heterocycles. The molecule has 8 heteroatoms. The first-order valence-electron chi connectivity index (χ1n) is 8.99. The maximum absolute atomic E-state index is 12.3. The number of nitrogens with one attached hydrogen (secondary N) is 2. The zero-order chi connectivity index (χ0) is 19.1. The molecule has 3 rings (SSSR count). The van der Waals surface area contributed by atoms with Crippen LogP contribution in [0.4, 0.5) is 0 Å². The minimum Gasteiger partial charge on any atom is -0.379 e. The lowest BCUT2D eigenvalue weighted by Crippen LogP contribution is -2.43. The number of hydrogen-bond acceptors (Lipinski definition) is 6. The van der Waals surface area contributed by atoms with E-state index in [2.05, 4.69) is 20.5 Å². The maximum atomic E-state index is 12.3. The van der Waals surface area contributed by atoms with Crippen LogP contribution in [-0.4, -0.2) is 67.6 Å². The van der Waals surface area contributed by atoms with Crippen molar-refractivity contribution in [2.45, 2.75) is 6.92 Å². The third-order valence-corrected chi connectivity index (χ3v) is 5.26. The average Bonchev–Trinajstić information content (AvgIpc) is 3.13. The number of benzene rings is 1. The molecular formula is C19H24N4O3S. The van der Waals surface area contributed by atoms with Crippen molar-refractivity contribution < 1.29 is 14.3 Å². The van der Waals surface area contributed by atoms with Gasteiger partial charge in [0, 0.05) is 48.4 Å². The Labute approximate surface area is 162 Å². The van der Waals surface area contributed by atoms with E-state index in [4.69, 9.17) is 4.74 Å². The van der Waals surface area contributed by atoms with Crippen LogP contribution in [0.2, 0.25) is 0 Å². The van der Waals surface area contributed by atoms with Gasteiger partial charge in [-0.2, -0.15) is 0 Å². The van der Waals surface area contributed by atoms with Crippen molar-refractivity contribution in [1.82, 2.24) is 20.5 Å².